The van der Waals surface area contributed by atoms with Gasteiger partial charge in [-0.2, -0.15) is 0 Å². The summed E-state index contributed by atoms with van der Waals surface area (Å²) in [5, 5.41) is 2.81. The lowest BCUT2D eigenvalue weighted by Gasteiger charge is -2.11. The maximum atomic E-state index is 12.0. The third-order valence-corrected chi connectivity index (χ3v) is 3.26. The van der Waals surface area contributed by atoms with Crippen molar-refractivity contribution in [3.05, 3.63) is 63.6 Å². The summed E-state index contributed by atoms with van der Waals surface area (Å²) in [5.41, 5.74) is 2.13. The fourth-order valence-electron chi connectivity index (χ4n) is 2.04. The second-order valence-corrected chi connectivity index (χ2v) is 5.06. The van der Waals surface area contributed by atoms with E-state index in [0.29, 0.717) is 18.7 Å². The molecule has 22 heavy (non-hydrogen) atoms. The number of hydrogen-bond donors (Lipinski definition) is 2. The maximum absolute atomic E-state index is 12.0. The number of carbonyl (C=O) groups is 1. The number of benzene rings is 1. The molecule has 0 spiro atoms. The fraction of sp³-hybridized carbons (Fsp3) is 0.294. The first kappa shape index (κ1) is 15.8. The van der Waals surface area contributed by atoms with Crippen LogP contribution in [0.2, 0.25) is 0 Å². The molecule has 0 saturated heterocycles. The van der Waals surface area contributed by atoms with E-state index in [9.17, 15) is 9.59 Å². The molecule has 0 radical (unpaired) electrons. The van der Waals surface area contributed by atoms with Crippen LogP contribution in [-0.4, -0.2) is 17.5 Å². The van der Waals surface area contributed by atoms with E-state index in [1.54, 1.807) is 6.07 Å². The van der Waals surface area contributed by atoms with Gasteiger partial charge in [0, 0.05) is 24.4 Å². The molecule has 116 valence electrons. The van der Waals surface area contributed by atoms with Crippen LogP contribution < -0.4 is 15.6 Å². The molecule has 2 N–H and O–H groups in total. The maximum Gasteiger partial charge on any atom is 0.251 e. The zero-order valence-electron chi connectivity index (χ0n) is 12.8. The molecule has 5 heteroatoms. The van der Waals surface area contributed by atoms with Crippen LogP contribution in [0.25, 0.3) is 0 Å². The first-order valence-electron chi connectivity index (χ1n) is 7.29. The third kappa shape index (κ3) is 4.22. The summed E-state index contributed by atoms with van der Waals surface area (Å²) >= 11 is 0. The minimum Gasteiger partial charge on any atom is -0.494 e. The Balaban J connectivity index is 1.99. The van der Waals surface area contributed by atoms with E-state index in [2.05, 4.69) is 17.2 Å². The minimum atomic E-state index is -0.291. The van der Waals surface area contributed by atoms with Gasteiger partial charge < -0.3 is 15.0 Å². The summed E-state index contributed by atoms with van der Waals surface area (Å²) < 4.78 is 5.57. The van der Waals surface area contributed by atoms with Gasteiger partial charge in [-0.25, -0.2) is 0 Å². The van der Waals surface area contributed by atoms with Gasteiger partial charge >= 0.3 is 0 Å². The minimum absolute atomic E-state index is 0.267. The van der Waals surface area contributed by atoms with Crippen LogP contribution in [0.5, 0.6) is 5.75 Å². The lowest BCUT2D eigenvalue weighted by atomic mass is 10.1. The number of pyridine rings is 1. The zero-order chi connectivity index (χ0) is 15.9. The molecule has 0 fully saturated rings. The SMILES string of the molecule is CCCOc1ccc(CNC(=O)c2cc[nH]c(=O)c2)c(C)c1. The van der Waals surface area contributed by atoms with E-state index in [4.69, 9.17) is 4.74 Å². The van der Waals surface area contributed by atoms with E-state index in [-0.39, 0.29) is 11.5 Å². The van der Waals surface area contributed by atoms with Crippen molar-refractivity contribution in [2.75, 3.05) is 6.61 Å². The molecule has 0 saturated carbocycles. The number of aromatic nitrogens is 1. The number of aromatic amines is 1. The van der Waals surface area contributed by atoms with Crippen molar-refractivity contribution in [2.24, 2.45) is 0 Å². The van der Waals surface area contributed by atoms with Crippen molar-refractivity contribution < 1.29 is 9.53 Å². The quantitative estimate of drug-likeness (QED) is 0.860. The molecule has 0 aliphatic carbocycles. The second kappa shape index (κ2) is 7.45. The molecule has 0 aliphatic heterocycles. The summed E-state index contributed by atoms with van der Waals surface area (Å²) in [7, 11) is 0. The van der Waals surface area contributed by atoms with Gasteiger partial charge in [-0.3, -0.25) is 9.59 Å². The summed E-state index contributed by atoms with van der Waals surface area (Å²) in [5.74, 6) is 0.570. The van der Waals surface area contributed by atoms with Crippen molar-refractivity contribution in [2.45, 2.75) is 26.8 Å². The lowest BCUT2D eigenvalue weighted by Crippen LogP contribution is -2.24. The third-order valence-electron chi connectivity index (χ3n) is 3.26. The molecule has 0 unspecified atom stereocenters. The molecule has 0 bridgehead atoms. The van der Waals surface area contributed by atoms with Gasteiger partial charge in [-0.1, -0.05) is 13.0 Å². The number of amides is 1. The van der Waals surface area contributed by atoms with Crippen LogP contribution >= 0.6 is 0 Å². The monoisotopic (exact) mass is 300 g/mol. The van der Waals surface area contributed by atoms with Crippen molar-refractivity contribution in [1.29, 1.82) is 0 Å². The van der Waals surface area contributed by atoms with Crippen LogP contribution in [0.1, 0.15) is 34.8 Å². The van der Waals surface area contributed by atoms with E-state index in [0.717, 1.165) is 23.3 Å². The van der Waals surface area contributed by atoms with Crippen molar-refractivity contribution in [1.82, 2.24) is 10.3 Å². The fourth-order valence-corrected chi connectivity index (χ4v) is 2.04. The lowest BCUT2D eigenvalue weighted by molar-refractivity contribution is 0.0950. The standard InChI is InChI=1S/C17H20N2O3/c1-3-8-22-15-5-4-14(12(2)9-15)11-19-17(21)13-6-7-18-16(20)10-13/h4-7,9-10H,3,8,11H2,1-2H3,(H,18,20)(H,19,21). The number of hydrogen-bond acceptors (Lipinski definition) is 3. The molecular weight excluding hydrogens is 280 g/mol. The first-order chi connectivity index (χ1) is 10.6. The predicted molar refractivity (Wildman–Crippen MR) is 85.2 cm³/mol. The predicted octanol–water partition coefficient (Wildman–Crippen LogP) is 2.40. The topological polar surface area (TPSA) is 71.2 Å². The molecule has 2 aromatic rings. The van der Waals surface area contributed by atoms with Crippen LogP contribution in [0.15, 0.2) is 41.3 Å². The zero-order valence-corrected chi connectivity index (χ0v) is 12.8. The Labute approximate surface area is 129 Å². The normalized spacial score (nSPS) is 10.3. The van der Waals surface area contributed by atoms with Gasteiger partial charge in [-0.05, 0) is 42.7 Å². The molecule has 1 aromatic heterocycles. The number of carbonyl (C=O) groups excluding carboxylic acids is 1. The smallest absolute Gasteiger partial charge is 0.251 e. The number of rotatable bonds is 6. The van der Waals surface area contributed by atoms with E-state index < -0.39 is 0 Å². The molecule has 1 aromatic carbocycles. The summed E-state index contributed by atoms with van der Waals surface area (Å²) in [6.45, 7) is 5.14. The Kier molecular flexibility index (Phi) is 5.36. The number of nitrogens with one attached hydrogen (secondary N) is 2. The summed E-state index contributed by atoms with van der Waals surface area (Å²) in [6.07, 6.45) is 2.43. The van der Waals surface area contributed by atoms with E-state index in [1.807, 2.05) is 25.1 Å². The molecule has 2 rings (SSSR count). The number of H-pyrrole nitrogens is 1. The number of ether oxygens (including phenoxy) is 1. The second-order valence-electron chi connectivity index (χ2n) is 5.06. The highest BCUT2D eigenvalue weighted by Gasteiger charge is 2.07. The van der Waals surface area contributed by atoms with Crippen LogP contribution in [-0.2, 0) is 6.54 Å². The molecule has 5 nitrogen and oxygen atoms in total. The molecule has 1 heterocycles. The van der Waals surface area contributed by atoms with Crippen LogP contribution in [0.3, 0.4) is 0 Å². The van der Waals surface area contributed by atoms with Gasteiger partial charge in [0.2, 0.25) is 5.56 Å². The average molecular weight is 300 g/mol. The van der Waals surface area contributed by atoms with Gasteiger partial charge in [0.05, 0.1) is 6.61 Å². The van der Waals surface area contributed by atoms with Crippen molar-refractivity contribution >= 4 is 5.91 Å². The van der Waals surface area contributed by atoms with Gasteiger partial charge in [0.15, 0.2) is 0 Å². The highest BCUT2D eigenvalue weighted by Crippen LogP contribution is 2.17. The van der Waals surface area contributed by atoms with Gasteiger partial charge in [0.1, 0.15) is 5.75 Å². The Bertz CT molecular complexity index is 707. The van der Waals surface area contributed by atoms with Crippen molar-refractivity contribution in [3.63, 3.8) is 0 Å². The molecule has 1 amide bonds. The van der Waals surface area contributed by atoms with E-state index in [1.165, 1.54) is 12.3 Å². The molecule has 0 atom stereocenters. The Morgan fingerprint density at radius 2 is 2.09 bits per heavy atom. The Morgan fingerprint density at radius 3 is 2.77 bits per heavy atom. The Hall–Kier alpha value is -2.56. The Morgan fingerprint density at radius 1 is 1.27 bits per heavy atom. The summed E-state index contributed by atoms with van der Waals surface area (Å²) in [4.78, 5) is 25.7. The van der Waals surface area contributed by atoms with Gasteiger partial charge in [-0.15, -0.1) is 0 Å². The first-order valence-corrected chi connectivity index (χ1v) is 7.29. The van der Waals surface area contributed by atoms with Crippen molar-refractivity contribution in [3.8, 4) is 5.75 Å². The van der Waals surface area contributed by atoms with Crippen LogP contribution in [0.4, 0.5) is 0 Å². The molecule has 0 aliphatic rings. The van der Waals surface area contributed by atoms with E-state index >= 15 is 0 Å². The highest BCUT2D eigenvalue weighted by atomic mass is 16.5. The molecular formula is C17H20N2O3. The largest absolute Gasteiger partial charge is 0.494 e. The van der Waals surface area contributed by atoms with Crippen LogP contribution in [0, 0.1) is 6.92 Å². The van der Waals surface area contributed by atoms with Gasteiger partial charge in [0.25, 0.3) is 5.91 Å². The average Bonchev–Trinajstić information content (AvgIpc) is 2.51. The number of aryl methyl sites for hydroxylation is 1. The summed E-state index contributed by atoms with van der Waals surface area (Å²) in [6, 6.07) is 8.66. The highest BCUT2D eigenvalue weighted by molar-refractivity contribution is 5.93.